The first-order valence-corrected chi connectivity index (χ1v) is 18.9. The Bertz CT molecular complexity index is 2320. The van der Waals surface area contributed by atoms with E-state index < -0.39 is 23.6 Å². The third kappa shape index (κ3) is 7.53. The summed E-state index contributed by atoms with van der Waals surface area (Å²) in [5, 5.41) is 8.83. The Morgan fingerprint density at radius 2 is 1.73 bits per heavy atom. The number of pyridine rings is 1. The number of hydrogen-bond donors (Lipinski definition) is 3. The lowest BCUT2D eigenvalue weighted by atomic mass is 10.0. The second-order valence-electron chi connectivity index (χ2n) is 14.8. The number of amides is 3. The van der Waals surface area contributed by atoms with Crippen molar-refractivity contribution in [2.75, 3.05) is 49.9 Å². The van der Waals surface area contributed by atoms with Gasteiger partial charge in [-0.05, 0) is 68.7 Å². The number of aryl methyl sites for hydroxylation is 1. The van der Waals surface area contributed by atoms with Gasteiger partial charge in [-0.25, -0.2) is 28.7 Å². The maximum atomic E-state index is 15.1. The van der Waals surface area contributed by atoms with Crippen LogP contribution < -0.4 is 16.0 Å². The quantitative estimate of drug-likeness (QED) is 0.159. The van der Waals surface area contributed by atoms with E-state index >= 15 is 4.39 Å². The molecule has 3 aliphatic heterocycles. The summed E-state index contributed by atoms with van der Waals surface area (Å²) in [6.45, 7) is 12.1. The maximum absolute atomic E-state index is 15.1. The number of halogens is 2. The van der Waals surface area contributed by atoms with Crippen molar-refractivity contribution >= 4 is 46.2 Å². The molecule has 2 fully saturated rings. The van der Waals surface area contributed by atoms with E-state index in [0.29, 0.717) is 35.7 Å². The molecule has 5 aromatic rings. The molecule has 3 amide bonds. The maximum Gasteiger partial charge on any atom is 0.255 e. The number of nitrogens with zero attached hydrogens (tertiary/aromatic N) is 8. The monoisotopic (exact) mass is 763 g/mol. The van der Waals surface area contributed by atoms with Gasteiger partial charge in [-0.2, -0.15) is 0 Å². The molecule has 16 heteroatoms. The lowest BCUT2D eigenvalue weighted by Gasteiger charge is -2.34. The average Bonchev–Trinajstić information content (AvgIpc) is 3.69. The van der Waals surface area contributed by atoms with E-state index in [2.05, 4.69) is 45.7 Å². The Labute approximate surface area is 322 Å². The Morgan fingerprint density at radius 1 is 0.929 bits per heavy atom. The van der Waals surface area contributed by atoms with E-state index in [-0.39, 0.29) is 47.0 Å². The van der Waals surface area contributed by atoms with Gasteiger partial charge in [0.05, 0.1) is 11.7 Å². The van der Waals surface area contributed by atoms with Gasteiger partial charge in [-0.3, -0.25) is 29.5 Å². The zero-order chi connectivity index (χ0) is 39.1. The van der Waals surface area contributed by atoms with Crippen molar-refractivity contribution in [2.45, 2.75) is 58.8 Å². The van der Waals surface area contributed by atoms with Crippen LogP contribution in [0.3, 0.4) is 0 Å². The van der Waals surface area contributed by atoms with Crippen LogP contribution >= 0.6 is 0 Å². The van der Waals surface area contributed by atoms with Crippen molar-refractivity contribution in [2.24, 2.45) is 0 Å². The van der Waals surface area contributed by atoms with Crippen LogP contribution in [0, 0.1) is 18.6 Å². The third-order valence-corrected chi connectivity index (χ3v) is 10.7. The molecule has 6 heterocycles. The molecule has 0 radical (unpaired) electrons. The standard InChI is InChI=1S/C40H43F2N11O3/c1-23(2)53-24(3)46-37-30(41)16-27(17-33(37)53)36-31(42)20-45-40(49-36)47-34-8-4-25(19-44-34)21-51-14-12-50(13-15-51)11-10-43-28-6-5-26-22-52(39(56)29(26)18-28)32-7-9-35(54)48-38(32)55/h4-6,8,16-20,23,32,43H,7,9-15,21-22H2,1-3H3,(H,48,54,55)(H,44,45,47,49). The lowest BCUT2D eigenvalue weighted by Crippen LogP contribution is -2.52. The predicted octanol–water partition coefficient (Wildman–Crippen LogP) is 4.79. The molecule has 8 rings (SSSR count). The van der Waals surface area contributed by atoms with E-state index in [1.165, 1.54) is 6.07 Å². The number of anilines is 3. The number of piperidine rings is 1. The van der Waals surface area contributed by atoms with Crippen molar-refractivity contribution in [3.8, 4) is 11.3 Å². The van der Waals surface area contributed by atoms with E-state index in [9.17, 15) is 18.8 Å². The molecule has 14 nitrogen and oxygen atoms in total. The van der Waals surface area contributed by atoms with Crippen molar-refractivity contribution in [3.05, 3.63) is 89.0 Å². The van der Waals surface area contributed by atoms with Gasteiger partial charge in [0.25, 0.3) is 5.91 Å². The number of nitrogens with one attached hydrogen (secondary N) is 3. The Hall–Kier alpha value is -5.87. The zero-order valence-electron chi connectivity index (χ0n) is 31.5. The van der Waals surface area contributed by atoms with Crippen molar-refractivity contribution in [1.82, 2.24) is 44.5 Å². The number of fused-ring (bicyclic) bond motifs is 2. The number of rotatable bonds is 11. The van der Waals surface area contributed by atoms with E-state index in [4.69, 9.17) is 0 Å². The van der Waals surface area contributed by atoms with Crippen LogP contribution in [-0.4, -0.2) is 102 Å². The number of carbonyl (C=O) groups excluding carboxylic acids is 3. The van der Waals surface area contributed by atoms with Gasteiger partial charge in [-0.1, -0.05) is 12.1 Å². The van der Waals surface area contributed by atoms with Crippen LogP contribution in [-0.2, 0) is 22.7 Å². The average molecular weight is 764 g/mol. The second-order valence-corrected chi connectivity index (χ2v) is 14.8. The molecule has 1 unspecified atom stereocenters. The second kappa shape index (κ2) is 15.3. The molecule has 3 aromatic heterocycles. The van der Waals surface area contributed by atoms with Gasteiger partial charge in [0.1, 0.15) is 28.9 Å². The molecule has 3 N–H and O–H groups in total. The zero-order valence-corrected chi connectivity index (χ0v) is 31.5. The summed E-state index contributed by atoms with van der Waals surface area (Å²) in [5.74, 6) is -0.781. The Balaban J connectivity index is 0.809. The van der Waals surface area contributed by atoms with E-state index in [1.54, 1.807) is 17.2 Å². The lowest BCUT2D eigenvalue weighted by molar-refractivity contribution is -0.136. The molecule has 2 saturated heterocycles. The first-order chi connectivity index (χ1) is 27.0. The largest absolute Gasteiger partial charge is 0.384 e. The molecule has 1 atom stereocenters. The number of carbonyl (C=O) groups is 3. The van der Waals surface area contributed by atoms with Crippen molar-refractivity contribution in [3.63, 3.8) is 0 Å². The van der Waals surface area contributed by atoms with Gasteiger partial charge in [0.2, 0.25) is 17.8 Å². The number of benzene rings is 2. The number of hydrogen-bond acceptors (Lipinski definition) is 11. The number of imide groups is 1. The van der Waals surface area contributed by atoms with Crippen LogP contribution in [0.2, 0.25) is 0 Å². The van der Waals surface area contributed by atoms with Gasteiger partial charge >= 0.3 is 0 Å². The number of imidazole rings is 1. The van der Waals surface area contributed by atoms with E-state index in [0.717, 1.165) is 68.8 Å². The molecule has 0 bridgehead atoms. The van der Waals surface area contributed by atoms with Gasteiger partial charge < -0.3 is 20.1 Å². The molecular formula is C40H43F2N11O3. The van der Waals surface area contributed by atoms with Crippen LogP contribution in [0.1, 0.15) is 60.0 Å². The summed E-state index contributed by atoms with van der Waals surface area (Å²) in [6, 6.07) is 11.9. The number of piperazine rings is 1. The molecule has 290 valence electrons. The summed E-state index contributed by atoms with van der Waals surface area (Å²) in [6.07, 6.45) is 3.44. The fourth-order valence-electron chi connectivity index (χ4n) is 7.85. The van der Waals surface area contributed by atoms with Crippen molar-refractivity contribution in [1.29, 1.82) is 0 Å². The minimum Gasteiger partial charge on any atom is -0.384 e. The summed E-state index contributed by atoms with van der Waals surface area (Å²) < 4.78 is 32.0. The first kappa shape index (κ1) is 37.1. The fourth-order valence-corrected chi connectivity index (χ4v) is 7.85. The smallest absolute Gasteiger partial charge is 0.255 e. The van der Waals surface area contributed by atoms with Crippen LogP contribution in [0.4, 0.5) is 26.2 Å². The molecule has 3 aliphatic rings. The van der Waals surface area contributed by atoms with Crippen molar-refractivity contribution < 1.29 is 23.2 Å². The van der Waals surface area contributed by atoms with Crippen LogP contribution in [0.15, 0.2) is 54.9 Å². The highest BCUT2D eigenvalue weighted by Crippen LogP contribution is 2.32. The van der Waals surface area contributed by atoms with Gasteiger partial charge in [0.15, 0.2) is 11.6 Å². The van der Waals surface area contributed by atoms with E-state index in [1.807, 2.05) is 55.7 Å². The molecular weight excluding hydrogens is 721 g/mol. The first-order valence-electron chi connectivity index (χ1n) is 18.9. The third-order valence-electron chi connectivity index (χ3n) is 10.7. The molecule has 56 heavy (non-hydrogen) atoms. The number of aromatic nitrogens is 5. The summed E-state index contributed by atoms with van der Waals surface area (Å²) in [4.78, 5) is 60.8. The van der Waals surface area contributed by atoms with Crippen LogP contribution in [0.5, 0.6) is 0 Å². The molecule has 0 spiro atoms. The van der Waals surface area contributed by atoms with Gasteiger partial charge in [-0.15, -0.1) is 0 Å². The highest BCUT2D eigenvalue weighted by molar-refractivity contribution is 6.05. The Kier molecular flexibility index (Phi) is 10.2. The normalized spacial score (nSPS) is 17.9. The topological polar surface area (TPSA) is 154 Å². The SMILES string of the molecule is Cc1nc2c(F)cc(-c3nc(Nc4ccc(CN5CCN(CCNc6ccc7c(c6)C(=O)N(C6CCC(=O)NC6=O)C7)CC5)cn4)ncc3F)cc2n1C(C)C. The minimum atomic E-state index is -0.667. The highest BCUT2D eigenvalue weighted by atomic mass is 19.1. The summed E-state index contributed by atoms with van der Waals surface area (Å²) >= 11 is 0. The molecule has 0 aliphatic carbocycles. The van der Waals surface area contributed by atoms with Gasteiger partial charge in [0, 0.05) is 87.8 Å². The summed E-state index contributed by atoms with van der Waals surface area (Å²) in [5.41, 5.74) is 4.46. The van der Waals surface area contributed by atoms with Crippen LogP contribution in [0.25, 0.3) is 22.3 Å². The molecule has 0 saturated carbocycles. The molecule has 2 aromatic carbocycles. The minimum absolute atomic E-state index is 0.0243. The Morgan fingerprint density at radius 3 is 2.48 bits per heavy atom. The fraction of sp³-hybridized carbons (Fsp3) is 0.375. The summed E-state index contributed by atoms with van der Waals surface area (Å²) in [7, 11) is 0. The predicted molar refractivity (Wildman–Crippen MR) is 206 cm³/mol. The highest BCUT2D eigenvalue weighted by Gasteiger charge is 2.39.